The van der Waals surface area contributed by atoms with Crippen LogP contribution in [-0.2, 0) is 0 Å². The van der Waals surface area contributed by atoms with Crippen molar-refractivity contribution in [2.75, 3.05) is 0 Å². The van der Waals surface area contributed by atoms with Crippen molar-refractivity contribution in [2.45, 2.75) is 38.3 Å². The first-order chi connectivity index (χ1) is 8.95. The number of hydrogen-bond donors (Lipinski definition) is 4. The molecule has 3 unspecified atom stereocenters. The number of aliphatic hydroxyl groups excluding tert-OH is 1. The second-order valence-corrected chi connectivity index (χ2v) is 4.98. The summed E-state index contributed by atoms with van der Waals surface area (Å²) in [6, 6.07) is 0.0615. The van der Waals surface area contributed by atoms with Gasteiger partial charge in [-0.05, 0) is 25.2 Å². The van der Waals surface area contributed by atoms with E-state index in [9.17, 15) is 15.0 Å². The maximum Gasteiger partial charge on any atom is 0.317 e. The van der Waals surface area contributed by atoms with Crippen LogP contribution in [0.2, 0.25) is 0 Å². The van der Waals surface area contributed by atoms with E-state index >= 15 is 0 Å². The van der Waals surface area contributed by atoms with E-state index in [1.165, 1.54) is 0 Å². The minimum Gasteiger partial charge on any atom is -0.493 e. The van der Waals surface area contributed by atoms with Crippen molar-refractivity contribution in [3.05, 3.63) is 11.8 Å². The van der Waals surface area contributed by atoms with Crippen LogP contribution in [0.3, 0.4) is 0 Å². The second kappa shape index (κ2) is 5.40. The number of aromatic hydroxyl groups is 2. The van der Waals surface area contributed by atoms with Crippen LogP contribution in [0.25, 0.3) is 0 Å². The number of aliphatic hydroxyl groups is 1. The fraction of sp³-hybridized carbons (Fsp3) is 0.583. The van der Waals surface area contributed by atoms with E-state index < -0.39 is 23.9 Å². The zero-order valence-electron chi connectivity index (χ0n) is 10.6. The number of nitrogens with zero attached hydrogens (tertiary/aromatic N) is 2. The van der Waals surface area contributed by atoms with Crippen LogP contribution in [0.4, 0.5) is 0 Å². The third-order valence-electron chi connectivity index (χ3n) is 3.33. The van der Waals surface area contributed by atoms with Crippen LogP contribution in [0, 0.1) is 5.92 Å². The summed E-state index contributed by atoms with van der Waals surface area (Å²) < 4.78 is 0. The highest BCUT2D eigenvalue weighted by atomic mass is 16.3. The standard InChI is InChI=1S/C12H17N3O4/c1-6-2-3-9(16)7(4-6)13-11(18)8-5-10(17)15-12(19)14-8/h5-7,9,16H,2-4H2,1H3,(H,13,18)(H2,14,15,17,19). The highest BCUT2D eigenvalue weighted by Crippen LogP contribution is 2.24. The van der Waals surface area contributed by atoms with Gasteiger partial charge in [0.2, 0.25) is 5.88 Å². The van der Waals surface area contributed by atoms with Crippen LogP contribution in [-0.4, -0.2) is 43.3 Å². The van der Waals surface area contributed by atoms with Gasteiger partial charge in [-0.1, -0.05) is 6.92 Å². The van der Waals surface area contributed by atoms with Gasteiger partial charge in [0.05, 0.1) is 12.1 Å². The molecule has 1 aromatic rings. The molecule has 1 heterocycles. The largest absolute Gasteiger partial charge is 0.493 e. The van der Waals surface area contributed by atoms with Crippen LogP contribution < -0.4 is 5.32 Å². The number of carbonyl (C=O) groups excluding carboxylic acids is 1. The minimum atomic E-state index is -0.664. The molecule has 0 spiro atoms. The lowest BCUT2D eigenvalue weighted by molar-refractivity contribution is 0.0618. The highest BCUT2D eigenvalue weighted by molar-refractivity contribution is 5.92. The summed E-state index contributed by atoms with van der Waals surface area (Å²) in [6.07, 6.45) is 1.69. The van der Waals surface area contributed by atoms with E-state index in [0.29, 0.717) is 18.8 Å². The van der Waals surface area contributed by atoms with Gasteiger partial charge < -0.3 is 20.6 Å². The van der Waals surface area contributed by atoms with Crippen molar-refractivity contribution in [2.24, 2.45) is 5.92 Å². The Balaban J connectivity index is 2.07. The van der Waals surface area contributed by atoms with Gasteiger partial charge >= 0.3 is 6.01 Å². The molecule has 7 nitrogen and oxygen atoms in total. The van der Waals surface area contributed by atoms with Crippen LogP contribution in [0.5, 0.6) is 11.9 Å². The quantitative estimate of drug-likeness (QED) is 0.607. The van der Waals surface area contributed by atoms with Gasteiger partial charge in [0.15, 0.2) is 0 Å². The Bertz CT molecular complexity index is 460. The summed E-state index contributed by atoms with van der Waals surface area (Å²) in [4.78, 5) is 18.7. The lowest BCUT2D eigenvalue weighted by atomic mass is 9.85. The Labute approximate surface area is 110 Å². The van der Waals surface area contributed by atoms with Gasteiger partial charge in [0, 0.05) is 6.07 Å². The average Bonchev–Trinajstić information content (AvgIpc) is 2.32. The van der Waals surface area contributed by atoms with Crippen molar-refractivity contribution < 1.29 is 20.1 Å². The molecule has 0 radical (unpaired) electrons. The van der Waals surface area contributed by atoms with Crippen LogP contribution in [0.15, 0.2) is 6.07 Å². The van der Waals surface area contributed by atoms with Crippen molar-refractivity contribution in [1.29, 1.82) is 0 Å². The Morgan fingerprint density at radius 3 is 2.79 bits per heavy atom. The van der Waals surface area contributed by atoms with Crippen molar-refractivity contribution in [3.8, 4) is 11.9 Å². The topological polar surface area (TPSA) is 116 Å². The van der Waals surface area contributed by atoms with Gasteiger partial charge in [-0.2, -0.15) is 9.97 Å². The van der Waals surface area contributed by atoms with E-state index in [1.54, 1.807) is 0 Å². The molecule has 0 aromatic carbocycles. The minimum absolute atomic E-state index is 0.129. The first-order valence-corrected chi connectivity index (χ1v) is 6.21. The monoisotopic (exact) mass is 267 g/mol. The number of nitrogens with one attached hydrogen (secondary N) is 1. The Morgan fingerprint density at radius 2 is 2.11 bits per heavy atom. The Kier molecular flexibility index (Phi) is 3.84. The fourth-order valence-corrected chi connectivity index (χ4v) is 2.30. The molecule has 104 valence electrons. The summed E-state index contributed by atoms with van der Waals surface area (Å²) in [6.45, 7) is 2.06. The zero-order valence-corrected chi connectivity index (χ0v) is 10.6. The molecular formula is C12H17N3O4. The molecule has 7 heteroatoms. The summed E-state index contributed by atoms with van der Waals surface area (Å²) in [5, 5.41) is 30.8. The summed E-state index contributed by atoms with van der Waals surface area (Å²) in [5.41, 5.74) is -0.129. The molecule has 0 saturated heterocycles. The van der Waals surface area contributed by atoms with E-state index in [4.69, 9.17) is 5.11 Å². The van der Waals surface area contributed by atoms with E-state index in [1.807, 2.05) is 0 Å². The molecule has 1 saturated carbocycles. The summed E-state index contributed by atoms with van der Waals surface area (Å²) in [7, 11) is 0. The number of aromatic nitrogens is 2. The van der Waals surface area contributed by atoms with E-state index in [0.717, 1.165) is 12.5 Å². The van der Waals surface area contributed by atoms with E-state index in [2.05, 4.69) is 22.2 Å². The lowest BCUT2D eigenvalue weighted by Crippen LogP contribution is -2.46. The fourth-order valence-electron chi connectivity index (χ4n) is 2.30. The lowest BCUT2D eigenvalue weighted by Gasteiger charge is -2.32. The molecule has 1 fully saturated rings. The SMILES string of the molecule is CC1CCC(O)C(NC(=O)c2cc(O)nc(O)n2)C1. The van der Waals surface area contributed by atoms with Crippen molar-refractivity contribution >= 4 is 5.91 Å². The molecule has 1 aromatic heterocycles. The molecule has 1 amide bonds. The molecule has 19 heavy (non-hydrogen) atoms. The average molecular weight is 267 g/mol. The second-order valence-electron chi connectivity index (χ2n) is 4.98. The molecule has 3 atom stereocenters. The van der Waals surface area contributed by atoms with Crippen molar-refractivity contribution in [1.82, 2.24) is 15.3 Å². The predicted octanol–water partition coefficient (Wildman–Crippen LogP) is 0.167. The van der Waals surface area contributed by atoms with Crippen LogP contribution in [0.1, 0.15) is 36.7 Å². The smallest absolute Gasteiger partial charge is 0.317 e. The maximum atomic E-state index is 11.9. The maximum absolute atomic E-state index is 11.9. The normalized spacial score (nSPS) is 26.9. The highest BCUT2D eigenvalue weighted by Gasteiger charge is 2.29. The Morgan fingerprint density at radius 1 is 1.37 bits per heavy atom. The molecular weight excluding hydrogens is 250 g/mol. The van der Waals surface area contributed by atoms with E-state index in [-0.39, 0.29) is 11.7 Å². The first kappa shape index (κ1) is 13.5. The van der Waals surface area contributed by atoms with Gasteiger partial charge in [0.25, 0.3) is 5.91 Å². The number of hydrogen-bond acceptors (Lipinski definition) is 6. The zero-order chi connectivity index (χ0) is 14.0. The number of carbonyl (C=O) groups is 1. The van der Waals surface area contributed by atoms with Gasteiger partial charge in [-0.15, -0.1) is 0 Å². The molecule has 4 N–H and O–H groups in total. The number of amides is 1. The molecule has 0 bridgehead atoms. The first-order valence-electron chi connectivity index (χ1n) is 6.21. The van der Waals surface area contributed by atoms with Gasteiger partial charge in [-0.3, -0.25) is 4.79 Å². The number of rotatable bonds is 2. The third kappa shape index (κ3) is 3.31. The summed E-state index contributed by atoms with van der Waals surface area (Å²) >= 11 is 0. The summed E-state index contributed by atoms with van der Waals surface area (Å²) in [5.74, 6) is -0.595. The van der Waals surface area contributed by atoms with Crippen molar-refractivity contribution in [3.63, 3.8) is 0 Å². The Hall–Kier alpha value is -1.89. The third-order valence-corrected chi connectivity index (χ3v) is 3.33. The molecule has 0 aliphatic heterocycles. The predicted molar refractivity (Wildman–Crippen MR) is 65.6 cm³/mol. The van der Waals surface area contributed by atoms with Gasteiger partial charge in [0.1, 0.15) is 5.69 Å². The van der Waals surface area contributed by atoms with Crippen LogP contribution >= 0.6 is 0 Å². The molecule has 2 rings (SSSR count). The molecule has 1 aliphatic carbocycles. The van der Waals surface area contributed by atoms with Gasteiger partial charge in [-0.25, -0.2) is 0 Å². The molecule has 1 aliphatic rings.